The van der Waals surface area contributed by atoms with Crippen molar-refractivity contribution in [1.29, 1.82) is 0 Å². The largest absolute Gasteiger partial charge is 0.379 e. The molecule has 1 aliphatic rings. The molecule has 3 N–H and O–H groups in total. The van der Waals surface area contributed by atoms with Crippen molar-refractivity contribution in [2.24, 2.45) is 10.7 Å². The molecule has 24 heavy (non-hydrogen) atoms. The maximum Gasteiger partial charge on any atom is 0.252 e. The van der Waals surface area contributed by atoms with Gasteiger partial charge in [-0.15, -0.1) is 35.3 Å². The fraction of sp³-hybridized carbons (Fsp3) is 0.643. The number of morpholine rings is 1. The summed E-state index contributed by atoms with van der Waals surface area (Å²) in [7, 11) is -3.43. The fourth-order valence-electron chi connectivity index (χ4n) is 2.08. The van der Waals surface area contributed by atoms with Gasteiger partial charge in [-0.1, -0.05) is 0 Å². The van der Waals surface area contributed by atoms with Gasteiger partial charge in [0.25, 0.3) is 10.0 Å². The Morgan fingerprint density at radius 1 is 1.38 bits per heavy atom. The highest BCUT2D eigenvalue weighted by Gasteiger charge is 2.27. The SMILES string of the molecule is CC(C)(C)NC(N)=NCc1ccc(S(=O)(=O)N2CCOCC2)s1.I. The zero-order valence-corrected chi connectivity index (χ0v) is 18.1. The van der Waals surface area contributed by atoms with Crippen LogP contribution >= 0.6 is 35.3 Å². The Balaban J connectivity index is 0.00000288. The van der Waals surface area contributed by atoms with Crippen LogP contribution in [0.4, 0.5) is 0 Å². The van der Waals surface area contributed by atoms with E-state index < -0.39 is 10.0 Å². The Morgan fingerprint density at radius 2 is 2.00 bits per heavy atom. The molecule has 138 valence electrons. The van der Waals surface area contributed by atoms with E-state index in [4.69, 9.17) is 10.5 Å². The lowest BCUT2D eigenvalue weighted by Gasteiger charge is -2.25. The molecule has 2 rings (SSSR count). The van der Waals surface area contributed by atoms with Gasteiger partial charge in [-0.3, -0.25) is 0 Å². The van der Waals surface area contributed by atoms with Crippen molar-refractivity contribution in [3.8, 4) is 0 Å². The van der Waals surface area contributed by atoms with Crippen molar-refractivity contribution in [3.05, 3.63) is 17.0 Å². The van der Waals surface area contributed by atoms with Crippen LogP contribution in [-0.4, -0.2) is 50.5 Å². The van der Waals surface area contributed by atoms with Crippen molar-refractivity contribution in [2.75, 3.05) is 26.3 Å². The third-order valence-corrected chi connectivity index (χ3v) is 6.55. The molecular formula is C14H25IN4O3S2. The quantitative estimate of drug-likeness (QED) is 0.381. The minimum atomic E-state index is -3.43. The zero-order valence-electron chi connectivity index (χ0n) is 14.1. The lowest BCUT2D eigenvalue weighted by atomic mass is 10.1. The first-order valence-corrected chi connectivity index (χ1v) is 9.69. The van der Waals surface area contributed by atoms with Gasteiger partial charge in [0.05, 0.1) is 19.8 Å². The molecule has 0 amide bonds. The van der Waals surface area contributed by atoms with Gasteiger partial charge >= 0.3 is 0 Å². The predicted molar refractivity (Wildman–Crippen MR) is 108 cm³/mol. The van der Waals surface area contributed by atoms with Crippen molar-refractivity contribution in [3.63, 3.8) is 0 Å². The smallest absolute Gasteiger partial charge is 0.252 e. The molecule has 0 bridgehead atoms. The lowest BCUT2D eigenvalue weighted by Crippen LogP contribution is -2.44. The van der Waals surface area contributed by atoms with Gasteiger partial charge in [-0.05, 0) is 32.9 Å². The van der Waals surface area contributed by atoms with E-state index in [0.717, 1.165) is 4.88 Å². The summed E-state index contributed by atoms with van der Waals surface area (Å²) in [5.74, 6) is 0.350. The Kier molecular flexibility index (Phi) is 7.91. The number of aliphatic imine (C=N–C) groups is 1. The molecule has 1 fully saturated rings. The van der Waals surface area contributed by atoms with Crippen LogP contribution < -0.4 is 11.1 Å². The molecule has 0 saturated carbocycles. The number of ether oxygens (including phenoxy) is 1. The van der Waals surface area contributed by atoms with Gasteiger partial charge in [0.1, 0.15) is 4.21 Å². The summed E-state index contributed by atoms with van der Waals surface area (Å²) in [6, 6.07) is 3.42. The van der Waals surface area contributed by atoms with E-state index in [-0.39, 0.29) is 29.5 Å². The van der Waals surface area contributed by atoms with Gasteiger partial charge < -0.3 is 15.8 Å². The van der Waals surface area contributed by atoms with Gasteiger partial charge in [0, 0.05) is 23.5 Å². The highest BCUT2D eigenvalue weighted by Crippen LogP contribution is 2.26. The molecule has 2 heterocycles. The summed E-state index contributed by atoms with van der Waals surface area (Å²) < 4.78 is 32.1. The van der Waals surface area contributed by atoms with Crippen LogP contribution in [0.3, 0.4) is 0 Å². The van der Waals surface area contributed by atoms with E-state index >= 15 is 0 Å². The molecule has 0 atom stereocenters. The number of sulfonamides is 1. The van der Waals surface area contributed by atoms with Crippen molar-refractivity contribution < 1.29 is 13.2 Å². The minimum absolute atomic E-state index is 0. The van der Waals surface area contributed by atoms with Gasteiger partial charge in [-0.25, -0.2) is 13.4 Å². The monoisotopic (exact) mass is 488 g/mol. The number of guanidine groups is 1. The van der Waals surface area contributed by atoms with E-state index in [1.165, 1.54) is 15.6 Å². The molecule has 0 radical (unpaired) electrons. The van der Waals surface area contributed by atoms with Crippen LogP contribution in [0.2, 0.25) is 0 Å². The summed E-state index contributed by atoms with van der Waals surface area (Å²) in [4.78, 5) is 5.11. The number of nitrogens with one attached hydrogen (secondary N) is 1. The highest BCUT2D eigenvalue weighted by molar-refractivity contribution is 14.0. The van der Waals surface area contributed by atoms with Gasteiger partial charge in [-0.2, -0.15) is 4.31 Å². The average molecular weight is 488 g/mol. The van der Waals surface area contributed by atoms with E-state index in [1.54, 1.807) is 12.1 Å². The van der Waals surface area contributed by atoms with Crippen LogP contribution in [0.1, 0.15) is 25.6 Å². The number of rotatable bonds is 4. The van der Waals surface area contributed by atoms with Crippen LogP contribution in [0, 0.1) is 0 Å². The number of hydrogen-bond donors (Lipinski definition) is 2. The standard InChI is InChI=1S/C14H24N4O3S2.HI/c1-14(2,3)17-13(15)16-10-11-4-5-12(22-11)23(19,20)18-6-8-21-9-7-18;/h4-5H,6-10H2,1-3H3,(H3,15,16,17);1H. The summed E-state index contributed by atoms with van der Waals surface area (Å²) in [5, 5.41) is 3.07. The number of thiophene rings is 1. The molecule has 1 aromatic heterocycles. The molecule has 0 aliphatic carbocycles. The van der Waals surface area contributed by atoms with Crippen molar-refractivity contribution in [2.45, 2.75) is 37.1 Å². The molecule has 0 aromatic carbocycles. The second-order valence-electron chi connectivity index (χ2n) is 6.31. The van der Waals surface area contributed by atoms with E-state index in [1.807, 2.05) is 20.8 Å². The first kappa shape index (κ1) is 21.6. The molecule has 7 nitrogen and oxygen atoms in total. The van der Waals surface area contributed by atoms with Crippen molar-refractivity contribution in [1.82, 2.24) is 9.62 Å². The van der Waals surface area contributed by atoms with Crippen LogP contribution in [0.25, 0.3) is 0 Å². The van der Waals surface area contributed by atoms with Crippen LogP contribution in [-0.2, 0) is 21.3 Å². The number of halogens is 1. The maximum absolute atomic E-state index is 12.5. The molecular weight excluding hydrogens is 463 g/mol. The normalized spacial score (nSPS) is 17.4. The third-order valence-electron chi connectivity index (χ3n) is 3.11. The third kappa shape index (κ3) is 6.14. The van der Waals surface area contributed by atoms with Gasteiger partial charge in [0.15, 0.2) is 5.96 Å². The summed E-state index contributed by atoms with van der Waals surface area (Å²) in [6.07, 6.45) is 0. The zero-order chi connectivity index (χ0) is 17.1. The average Bonchev–Trinajstić information content (AvgIpc) is 2.94. The molecule has 0 spiro atoms. The van der Waals surface area contributed by atoms with Gasteiger partial charge in [0.2, 0.25) is 0 Å². The Labute approximate surface area is 164 Å². The Morgan fingerprint density at radius 3 is 2.58 bits per heavy atom. The topological polar surface area (TPSA) is 97.0 Å². The second-order valence-corrected chi connectivity index (χ2v) is 9.65. The number of hydrogen-bond acceptors (Lipinski definition) is 5. The maximum atomic E-state index is 12.5. The first-order valence-electron chi connectivity index (χ1n) is 7.43. The van der Waals surface area contributed by atoms with Crippen LogP contribution in [0.15, 0.2) is 21.3 Å². The Bertz CT molecular complexity index is 662. The summed E-state index contributed by atoms with van der Waals surface area (Å²) in [5.41, 5.74) is 5.66. The number of nitrogens with zero attached hydrogens (tertiary/aromatic N) is 2. The predicted octanol–water partition coefficient (Wildman–Crippen LogP) is 1.59. The molecule has 1 aromatic rings. The number of nitrogens with two attached hydrogens (primary N) is 1. The molecule has 1 saturated heterocycles. The highest BCUT2D eigenvalue weighted by atomic mass is 127. The van der Waals surface area contributed by atoms with Crippen LogP contribution in [0.5, 0.6) is 0 Å². The van der Waals surface area contributed by atoms with E-state index in [9.17, 15) is 8.42 Å². The Hall–Kier alpha value is -0.430. The lowest BCUT2D eigenvalue weighted by molar-refractivity contribution is 0.0731. The minimum Gasteiger partial charge on any atom is -0.379 e. The van der Waals surface area contributed by atoms with Crippen molar-refractivity contribution >= 4 is 51.3 Å². The fourth-order valence-corrected chi connectivity index (χ4v) is 4.93. The second kappa shape index (κ2) is 8.79. The molecule has 0 unspecified atom stereocenters. The van der Waals surface area contributed by atoms with E-state index in [2.05, 4.69) is 10.3 Å². The molecule has 10 heteroatoms. The van der Waals surface area contributed by atoms with E-state index in [0.29, 0.717) is 43.0 Å². The summed E-state index contributed by atoms with van der Waals surface area (Å²) >= 11 is 1.23. The summed E-state index contributed by atoms with van der Waals surface area (Å²) in [6.45, 7) is 8.02. The first-order chi connectivity index (χ1) is 10.7. The molecule has 1 aliphatic heterocycles.